The number of hydrogen-bond donors (Lipinski definition) is 4. The lowest BCUT2D eigenvalue weighted by Crippen LogP contribution is -2.19. The van der Waals surface area contributed by atoms with E-state index in [1.807, 2.05) is 12.1 Å². The summed E-state index contributed by atoms with van der Waals surface area (Å²) in [6.07, 6.45) is 0. The Bertz CT molecular complexity index is 489. The molecule has 0 saturated heterocycles. The second-order valence-corrected chi connectivity index (χ2v) is 3.26. The smallest absolute Gasteiger partial charge is 0.207 e. The Balaban J connectivity index is 2.51. The van der Waals surface area contributed by atoms with Gasteiger partial charge in [-0.2, -0.15) is 0 Å². The molecular formula is C8H9N5S. The standard InChI is InChI=1S/C8H9N5S/c9-4-2-1-3-5-6(4)12-8(11-5)13-7(10)14/h1-3H,9H2,(H4,10,11,12,13,14). The number of rotatable bonds is 1. The van der Waals surface area contributed by atoms with Crippen molar-refractivity contribution in [3.63, 3.8) is 0 Å². The summed E-state index contributed by atoms with van der Waals surface area (Å²) in [5, 5.41) is 2.88. The van der Waals surface area contributed by atoms with Gasteiger partial charge in [0, 0.05) is 0 Å². The largest absolute Gasteiger partial charge is 0.397 e. The van der Waals surface area contributed by atoms with Crippen molar-refractivity contribution in [1.82, 2.24) is 9.97 Å². The number of para-hydroxylation sites is 1. The summed E-state index contributed by atoms with van der Waals surface area (Å²) >= 11 is 4.69. The third kappa shape index (κ3) is 1.47. The molecule has 0 amide bonds. The molecule has 0 aliphatic carbocycles. The predicted molar refractivity (Wildman–Crippen MR) is 60.9 cm³/mol. The number of thiocarbonyl (C=S) groups is 1. The van der Waals surface area contributed by atoms with Crippen LogP contribution in [0.15, 0.2) is 18.2 Å². The third-order valence-corrected chi connectivity index (χ3v) is 1.89. The summed E-state index contributed by atoms with van der Waals surface area (Å²) in [7, 11) is 0. The summed E-state index contributed by atoms with van der Waals surface area (Å²) in [6.45, 7) is 0. The van der Waals surface area contributed by atoms with Gasteiger partial charge in [0.2, 0.25) is 5.95 Å². The van der Waals surface area contributed by atoms with Crippen LogP contribution in [0.2, 0.25) is 0 Å². The monoisotopic (exact) mass is 207 g/mol. The molecule has 0 radical (unpaired) electrons. The first-order valence-electron chi connectivity index (χ1n) is 3.97. The highest BCUT2D eigenvalue weighted by Crippen LogP contribution is 2.19. The van der Waals surface area contributed by atoms with Gasteiger partial charge in [0.1, 0.15) is 5.52 Å². The fourth-order valence-electron chi connectivity index (χ4n) is 1.23. The number of benzene rings is 1. The number of aromatic amines is 1. The van der Waals surface area contributed by atoms with Crippen LogP contribution in [0, 0.1) is 0 Å². The van der Waals surface area contributed by atoms with Crippen molar-refractivity contribution in [3.8, 4) is 0 Å². The molecule has 0 unspecified atom stereocenters. The van der Waals surface area contributed by atoms with Crippen molar-refractivity contribution in [2.45, 2.75) is 0 Å². The van der Waals surface area contributed by atoms with E-state index in [1.165, 1.54) is 0 Å². The van der Waals surface area contributed by atoms with E-state index in [-0.39, 0.29) is 5.11 Å². The fraction of sp³-hybridized carbons (Fsp3) is 0. The van der Waals surface area contributed by atoms with Crippen molar-refractivity contribution in [1.29, 1.82) is 0 Å². The molecule has 6 heteroatoms. The number of hydrogen-bond acceptors (Lipinski definition) is 3. The normalized spacial score (nSPS) is 10.3. The Hall–Kier alpha value is -1.82. The molecule has 2 rings (SSSR count). The Kier molecular flexibility index (Phi) is 1.97. The number of nitrogens with two attached hydrogens (primary N) is 2. The topological polar surface area (TPSA) is 92.8 Å². The molecule has 0 aliphatic rings. The van der Waals surface area contributed by atoms with E-state index in [4.69, 9.17) is 23.7 Å². The molecule has 0 aliphatic heterocycles. The van der Waals surface area contributed by atoms with Gasteiger partial charge in [-0.05, 0) is 24.4 Å². The first-order chi connectivity index (χ1) is 6.66. The van der Waals surface area contributed by atoms with Gasteiger partial charge >= 0.3 is 0 Å². The van der Waals surface area contributed by atoms with Crippen LogP contribution < -0.4 is 16.8 Å². The Labute approximate surface area is 85.5 Å². The molecule has 0 saturated carbocycles. The number of aromatic nitrogens is 2. The zero-order valence-electron chi connectivity index (χ0n) is 7.24. The molecule has 2 aromatic rings. The van der Waals surface area contributed by atoms with Crippen molar-refractivity contribution in [3.05, 3.63) is 18.2 Å². The molecule has 1 heterocycles. The van der Waals surface area contributed by atoms with Gasteiger partial charge < -0.3 is 21.8 Å². The lowest BCUT2D eigenvalue weighted by atomic mass is 10.3. The van der Waals surface area contributed by atoms with E-state index in [0.717, 1.165) is 5.52 Å². The van der Waals surface area contributed by atoms with Gasteiger partial charge in [-0.25, -0.2) is 4.98 Å². The van der Waals surface area contributed by atoms with Crippen LogP contribution in [0.25, 0.3) is 11.0 Å². The molecule has 1 aromatic heterocycles. The van der Waals surface area contributed by atoms with Crippen LogP contribution in [0.4, 0.5) is 11.6 Å². The zero-order chi connectivity index (χ0) is 10.1. The van der Waals surface area contributed by atoms with Crippen molar-refractivity contribution >= 4 is 40.0 Å². The number of imidazole rings is 1. The minimum atomic E-state index is 0.169. The number of nitrogens with one attached hydrogen (secondary N) is 2. The lowest BCUT2D eigenvalue weighted by molar-refractivity contribution is 1.33. The lowest BCUT2D eigenvalue weighted by Gasteiger charge is -1.95. The van der Waals surface area contributed by atoms with E-state index in [9.17, 15) is 0 Å². The Morgan fingerprint density at radius 2 is 2.29 bits per heavy atom. The van der Waals surface area contributed by atoms with Gasteiger partial charge in [0.25, 0.3) is 0 Å². The molecule has 0 bridgehead atoms. The van der Waals surface area contributed by atoms with Crippen LogP contribution >= 0.6 is 12.2 Å². The number of H-pyrrole nitrogens is 1. The average Bonchev–Trinajstić information content (AvgIpc) is 2.47. The maximum atomic E-state index is 5.73. The quantitative estimate of drug-likeness (QED) is 0.410. The second kappa shape index (κ2) is 3.15. The number of fused-ring (bicyclic) bond motifs is 1. The highest BCUT2D eigenvalue weighted by Gasteiger charge is 2.04. The maximum absolute atomic E-state index is 5.73. The first kappa shape index (κ1) is 8.76. The second-order valence-electron chi connectivity index (χ2n) is 2.82. The molecule has 1 aromatic carbocycles. The van der Waals surface area contributed by atoms with Crippen LogP contribution in [-0.4, -0.2) is 15.1 Å². The number of nitrogen functional groups attached to an aromatic ring is 1. The van der Waals surface area contributed by atoms with Crippen molar-refractivity contribution in [2.24, 2.45) is 5.73 Å². The molecule has 0 atom stereocenters. The van der Waals surface area contributed by atoms with Gasteiger partial charge in [0.05, 0.1) is 11.2 Å². The van der Waals surface area contributed by atoms with Gasteiger partial charge in [0.15, 0.2) is 5.11 Å². The van der Waals surface area contributed by atoms with Gasteiger partial charge in [-0.15, -0.1) is 0 Å². The Morgan fingerprint density at radius 3 is 2.93 bits per heavy atom. The summed E-state index contributed by atoms with van der Waals surface area (Å²) in [5.41, 5.74) is 13.2. The third-order valence-electron chi connectivity index (χ3n) is 1.79. The minimum absolute atomic E-state index is 0.169. The average molecular weight is 207 g/mol. The summed E-state index contributed by atoms with van der Waals surface area (Å²) in [5.74, 6) is 0.505. The number of anilines is 2. The fourth-order valence-corrected chi connectivity index (χ4v) is 1.33. The molecular weight excluding hydrogens is 198 g/mol. The Morgan fingerprint density at radius 1 is 1.50 bits per heavy atom. The first-order valence-corrected chi connectivity index (χ1v) is 4.38. The van der Waals surface area contributed by atoms with Crippen LogP contribution in [0.3, 0.4) is 0 Å². The van der Waals surface area contributed by atoms with Crippen molar-refractivity contribution in [2.75, 3.05) is 11.1 Å². The molecule has 14 heavy (non-hydrogen) atoms. The van der Waals surface area contributed by atoms with E-state index >= 15 is 0 Å². The molecule has 5 nitrogen and oxygen atoms in total. The predicted octanol–water partition coefficient (Wildman–Crippen LogP) is 0.801. The van der Waals surface area contributed by atoms with Crippen molar-refractivity contribution < 1.29 is 0 Å². The van der Waals surface area contributed by atoms with E-state index in [1.54, 1.807) is 6.07 Å². The molecule has 0 fully saturated rings. The summed E-state index contributed by atoms with van der Waals surface area (Å²) in [6, 6.07) is 5.51. The SMILES string of the molecule is NC(=S)Nc1nc2c(N)cccc2[nH]1. The molecule has 0 spiro atoms. The van der Waals surface area contributed by atoms with E-state index in [0.29, 0.717) is 17.2 Å². The minimum Gasteiger partial charge on any atom is -0.397 e. The van der Waals surface area contributed by atoms with Gasteiger partial charge in [-0.1, -0.05) is 6.07 Å². The number of nitrogens with zero attached hydrogens (tertiary/aromatic N) is 1. The highest BCUT2D eigenvalue weighted by molar-refractivity contribution is 7.80. The molecule has 72 valence electrons. The maximum Gasteiger partial charge on any atom is 0.207 e. The van der Waals surface area contributed by atoms with Crippen LogP contribution in [0.1, 0.15) is 0 Å². The van der Waals surface area contributed by atoms with E-state index < -0.39 is 0 Å². The highest BCUT2D eigenvalue weighted by atomic mass is 32.1. The molecule has 6 N–H and O–H groups in total. The van der Waals surface area contributed by atoms with Crippen LogP contribution in [-0.2, 0) is 0 Å². The zero-order valence-corrected chi connectivity index (χ0v) is 8.06. The van der Waals surface area contributed by atoms with E-state index in [2.05, 4.69) is 15.3 Å². The summed E-state index contributed by atoms with van der Waals surface area (Å²) in [4.78, 5) is 7.19. The van der Waals surface area contributed by atoms with Gasteiger partial charge in [-0.3, -0.25) is 0 Å². The van der Waals surface area contributed by atoms with Crippen LogP contribution in [0.5, 0.6) is 0 Å². The summed E-state index contributed by atoms with van der Waals surface area (Å²) < 4.78 is 0.